The fourth-order valence-corrected chi connectivity index (χ4v) is 5.68. The van der Waals surface area contributed by atoms with Crippen LogP contribution < -0.4 is 4.72 Å². The minimum Gasteiger partial charge on any atom is -0.303 e. The van der Waals surface area contributed by atoms with Crippen LogP contribution in [0.1, 0.15) is 47.9 Å². The van der Waals surface area contributed by atoms with Crippen molar-refractivity contribution in [3.63, 3.8) is 0 Å². The van der Waals surface area contributed by atoms with Gasteiger partial charge in [-0.3, -0.25) is 0 Å². The molecule has 24 heavy (non-hydrogen) atoms. The second-order valence-electron chi connectivity index (χ2n) is 7.73. The summed E-state index contributed by atoms with van der Waals surface area (Å²) in [7, 11) is -3.46. The van der Waals surface area contributed by atoms with Gasteiger partial charge in [-0.05, 0) is 94.6 Å². The van der Waals surface area contributed by atoms with E-state index in [2.05, 4.69) is 15.7 Å². The number of nitrogens with one attached hydrogen (secondary N) is 1. The van der Waals surface area contributed by atoms with Crippen molar-refractivity contribution in [2.24, 2.45) is 5.92 Å². The number of aryl methyl sites for hydroxylation is 2. The van der Waals surface area contributed by atoms with Gasteiger partial charge >= 0.3 is 0 Å². The van der Waals surface area contributed by atoms with Crippen LogP contribution in [0.3, 0.4) is 0 Å². The number of nitrogens with zero attached hydrogens (tertiary/aromatic N) is 1. The minimum atomic E-state index is -3.46. The monoisotopic (exact) mass is 350 g/mol. The van der Waals surface area contributed by atoms with Crippen LogP contribution in [0.4, 0.5) is 0 Å². The smallest absolute Gasteiger partial charge is 0.241 e. The molecule has 0 spiro atoms. The Labute approximate surface area is 146 Å². The fraction of sp³-hybridized carbons (Fsp3) is 0.684. The zero-order chi connectivity index (χ0) is 17.5. The van der Waals surface area contributed by atoms with Gasteiger partial charge in [0.1, 0.15) is 0 Å². The lowest BCUT2D eigenvalue weighted by molar-refractivity contribution is 0.200. The van der Waals surface area contributed by atoms with Gasteiger partial charge in [0.15, 0.2) is 0 Å². The first-order valence-corrected chi connectivity index (χ1v) is 10.6. The van der Waals surface area contributed by atoms with Crippen LogP contribution in [0.2, 0.25) is 0 Å². The predicted molar refractivity (Wildman–Crippen MR) is 97.9 cm³/mol. The van der Waals surface area contributed by atoms with Gasteiger partial charge < -0.3 is 4.90 Å². The van der Waals surface area contributed by atoms with E-state index in [0.29, 0.717) is 4.90 Å². The largest absolute Gasteiger partial charge is 0.303 e. The van der Waals surface area contributed by atoms with Crippen LogP contribution in [0, 0.1) is 33.6 Å². The zero-order valence-electron chi connectivity index (χ0n) is 15.4. The average molecular weight is 351 g/mol. The highest BCUT2D eigenvalue weighted by Crippen LogP contribution is 2.31. The molecule has 2 aliphatic rings. The number of rotatable bonds is 5. The Kier molecular flexibility index (Phi) is 5.05. The Hall–Kier alpha value is -0.910. The summed E-state index contributed by atoms with van der Waals surface area (Å²) in [5.41, 5.74) is 3.82. The maximum atomic E-state index is 13.0. The highest BCUT2D eigenvalue weighted by molar-refractivity contribution is 7.89. The summed E-state index contributed by atoms with van der Waals surface area (Å²) in [4.78, 5) is 2.98. The SMILES string of the molecule is Cc1cc(C)c(C)c(S(=O)(=O)NC2CCN(CC3CC3)CC2)c1C. The highest BCUT2D eigenvalue weighted by atomic mass is 32.2. The van der Waals surface area contributed by atoms with Gasteiger partial charge in [-0.25, -0.2) is 13.1 Å². The van der Waals surface area contributed by atoms with E-state index in [1.807, 2.05) is 27.7 Å². The molecule has 1 saturated carbocycles. The molecule has 1 aromatic rings. The third-order valence-electron chi connectivity index (χ3n) is 5.69. The Morgan fingerprint density at radius 1 is 1.00 bits per heavy atom. The Morgan fingerprint density at radius 2 is 1.54 bits per heavy atom. The molecule has 2 fully saturated rings. The zero-order valence-corrected chi connectivity index (χ0v) is 16.2. The number of hydrogen-bond acceptors (Lipinski definition) is 3. The highest BCUT2D eigenvalue weighted by Gasteiger charge is 2.30. The third-order valence-corrected chi connectivity index (χ3v) is 7.48. The molecule has 4 nitrogen and oxygen atoms in total. The maximum absolute atomic E-state index is 13.0. The van der Waals surface area contributed by atoms with E-state index in [1.54, 1.807) is 0 Å². The molecule has 1 aliphatic heterocycles. The van der Waals surface area contributed by atoms with Crippen molar-refractivity contribution in [2.45, 2.75) is 64.3 Å². The van der Waals surface area contributed by atoms with E-state index < -0.39 is 10.0 Å². The first-order chi connectivity index (χ1) is 11.3. The van der Waals surface area contributed by atoms with E-state index in [4.69, 9.17) is 0 Å². The van der Waals surface area contributed by atoms with Crippen molar-refractivity contribution in [1.29, 1.82) is 0 Å². The predicted octanol–water partition coefficient (Wildman–Crippen LogP) is 3.07. The lowest BCUT2D eigenvalue weighted by Crippen LogP contribution is -2.45. The molecule has 1 saturated heterocycles. The second kappa shape index (κ2) is 6.77. The van der Waals surface area contributed by atoms with E-state index in [9.17, 15) is 8.42 Å². The van der Waals surface area contributed by atoms with Gasteiger partial charge in [0, 0.05) is 12.6 Å². The molecule has 0 radical (unpaired) electrons. The van der Waals surface area contributed by atoms with Crippen molar-refractivity contribution in [3.8, 4) is 0 Å². The molecular formula is C19H30N2O2S. The summed E-state index contributed by atoms with van der Waals surface area (Å²) < 4.78 is 29.0. The summed E-state index contributed by atoms with van der Waals surface area (Å²) in [6.45, 7) is 11.0. The summed E-state index contributed by atoms with van der Waals surface area (Å²) in [5.74, 6) is 0.902. The summed E-state index contributed by atoms with van der Waals surface area (Å²) >= 11 is 0. The Bertz CT molecular complexity index is 689. The van der Waals surface area contributed by atoms with Crippen molar-refractivity contribution >= 4 is 10.0 Å². The van der Waals surface area contributed by atoms with Gasteiger partial charge in [0.05, 0.1) is 4.90 Å². The molecule has 1 heterocycles. The first-order valence-electron chi connectivity index (χ1n) is 9.10. The van der Waals surface area contributed by atoms with Gasteiger partial charge in [-0.15, -0.1) is 0 Å². The quantitative estimate of drug-likeness (QED) is 0.888. The average Bonchev–Trinajstić information content (AvgIpc) is 3.31. The van der Waals surface area contributed by atoms with Gasteiger partial charge in [-0.1, -0.05) is 6.07 Å². The Morgan fingerprint density at radius 3 is 2.04 bits per heavy atom. The van der Waals surface area contributed by atoms with Crippen LogP contribution in [0.5, 0.6) is 0 Å². The van der Waals surface area contributed by atoms with Gasteiger partial charge in [-0.2, -0.15) is 0 Å². The van der Waals surface area contributed by atoms with Crippen molar-refractivity contribution < 1.29 is 8.42 Å². The Balaban J connectivity index is 1.71. The first kappa shape index (κ1) is 17.9. The molecule has 0 amide bonds. The van der Waals surface area contributed by atoms with E-state index in [0.717, 1.165) is 54.1 Å². The number of likely N-dealkylation sites (tertiary alicyclic amines) is 1. The van der Waals surface area contributed by atoms with Crippen LogP contribution in [0.25, 0.3) is 0 Å². The molecule has 134 valence electrons. The van der Waals surface area contributed by atoms with Crippen molar-refractivity contribution in [1.82, 2.24) is 9.62 Å². The number of benzene rings is 1. The van der Waals surface area contributed by atoms with Gasteiger partial charge in [0.2, 0.25) is 10.0 Å². The number of sulfonamides is 1. The molecule has 0 aromatic heterocycles. The summed E-state index contributed by atoms with van der Waals surface area (Å²) in [6, 6.07) is 2.13. The van der Waals surface area contributed by atoms with Crippen molar-refractivity contribution in [2.75, 3.05) is 19.6 Å². The van der Waals surface area contributed by atoms with Crippen LogP contribution in [-0.2, 0) is 10.0 Å². The lowest BCUT2D eigenvalue weighted by atomic mass is 10.0. The normalized spacial score (nSPS) is 20.5. The van der Waals surface area contributed by atoms with Gasteiger partial charge in [0.25, 0.3) is 0 Å². The molecular weight excluding hydrogens is 320 g/mol. The second-order valence-corrected chi connectivity index (χ2v) is 9.38. The molecule has 0 unspecified atom stereocenters. The molecule has 0 bridgehead atoms. The molecule has 1 N–H and O–H groups in total. The van der Waals surface area contributed by atoms with Crippen molar-refractivity contribution in [3.05, 3.63) is 28.3 Å². The van der Waals surface area contributed by atoms with Crippen LogP contribution >= 0.6 is 0 Å². The fourth-order valence-electron chi connectivity index (χ4n) is 3.76. The summed E-state index contributed by atoms with van der Waals surface area (Å²) in [6.07, 6.45) is 4.57. The van der Waals surface area contributed by atoms with Crippen LogP contribution in [-0.4, -0.2) is 39.0 Å². The molecule has 0 atom stereocenters. The molecule has 1 aliphatic carbocycles. The topological polar surface area (TPSA) is 49.4 Å². The number of hydrogen-bond donors (Lipinski definition) is 1. The van der Waals surface area contributed by atoms with E-state index >= 15 is 0 Å². The molecule has 5 heteroatoms. The third kappa shape index (κ3) is 3.84. The minimum absolute atomic E-state index is 0.0603. The summed E-state index contributed by atoms with van der Waals surface area (Å²) in [5, 5.41) is 0. The van der Waals surface area contributed by atoms with E-state index in [-0.39, 0.29) is 6.04 Å². The van der Waals surface area contributed by atoms with E-state index in [1.165, 1.54) is 19.4 Å². The standard InChI is InChI=1S/C19H30N2O2S/c1-13-11-14(2)16(4)19(15(13)3)24(22,23)20-18-7-9-21(10-8-18)12-17-5-6-17/h11,17-18,20H,5-10,12H2,1-4H3. The van der Waals surface area contributed by atoms with Crippen LogP contribution in [0.15, 0.2) is 11.0 Å². The lowest BCUT2D eigenvalue weighted by Gasteiger charge is -2.32. The molecule has 1 aromatic carbocycles. The molecule has 3 rings (SSSR count). The maximum Gasteiger partial charge on any atom is 0.241 e. The number of piperidine rings is 1.